The van der Waals surface area contributed by atoms with Gasteiger partial charge in [-0.2, -0.15) is 0 Å². The predicted molar refractivity (Wildman–Crippen MR) is 61.9 cm³/mol. The van der Waals surface area contributed by atoms with Gasteiger partial charge in [0, 0.05) is 6.54 Å². The molecule has 0 aromatic heterocycles. The molecular weight excluding hydrogens is 204 g/mol. The third-order valence-electron chi connectivity index (χ3n) is 3.91. The van der Waals surface area contributed by atoms with Gasteiger partial charge in [0.1, 0.15) is 0 Å². The summed E-state index contributed by atoms with van der Waals surface area (Å²) in [6.07, 6.45) is 3.59. The van der Waals surface area contributed by atoms with E-state index < -0.39 is 0 Å². The van der Waals surface area contributed by atoms with E-state index in [1.807, 2.05) is 0 Å². The van der Waals surface area contributed by atoms with Crippen molar-refractivity contribution in [3.05, 3.63) is 0 Å². The number of aliphatic hydroxyl groups excluding tert-OH is 1. The van der Waals surface area contributed by atoms with Crippen molar-refractivity contribution in [3.63, 3.8) is 0 Å². The van der Waals surface area contributed by atoms with Crippen molar-refractivity contribution in [2.24, 2.45) is 11.8 Å². The summed E-state index contributed by atoms with van der Waals surface area (Å²) >= 11 is 0. The molecule has 1 aliphatic carbocycles. The minimum atomic E-state index is -0.345. The number of hydrogen-bond acceptors (Lipinski definition) is 3. The lowest BCUT2D eigenvalue weighted by molar-refractivity contribution is -0.127. The van der Waals surface area contributed by atoms with Crippen LogP contribution in [-0.2, 0) is 4.79 Å². The number of aliphatic hydroxyl groups is 1. The van der Waals surface area contributed by atoms with E-state index in [9.17, 15) is 9.90 Å². The molecule has 0 spiro atoms. The minimum Gasteiger partial charge on any atom is -0.391 e. The molecule has 0 radical (unpaired) electrons. The Kier molecular flexibility index (Phi) is 3.82. The number of hydrogen-bond donors (Lipinski definition) is 3. The average Bonchev–Trinajstić information content (AvgIpc) is 2.68. The van der Waals surface area contributed by atoms with Gasteiger partial charge in [-0.3, -0.25) is 4.79 Å². The highest BCUT2D eigenvalue weighted by atomic mass is 16.3. The molecule has 2 fully saturated rings. The molecule has 0 unspecified atom stereocenters. The van der Waals surface area contributed by atoms with Crippen LogP contribution in [0.5, 0.6) is 0 Å². The van der Waals surface area contributed by atoms with E-state index in [1.54, 1.807) is 0 Å². The van der Waals surface area contributed by atoms with Crippen LogP contribution < -0.4 is 10.6 Å². The first kappa shape index (κ1) is 11.9. The Morgan fingerprint density at radius 2 is 2.06 bits per heavy atom. The van der Waals surface area contributed by atoms with Crippen molar-refractivity contribution in [1.29, 1.82) is 0 Å². The zero-order valence-corrected chi connectivity index (χ0v) is 9.91. The Hall–Kier alpha value is -0.610. The Labute approximate surface area is 96.8 Å². The summed E-state index contributed by atoms with van der Waals surface area (Å²) in [4.78, 5) is 12.0. The summed E-state index contributed by atoms with van der Waals surface area (Å²) < 4.78 is 0. The highest BCUT2D eigenvalue weighted by Gasteiger charge is 2.32. The molecule has 2 aliphatic rings. The fourth-order valence-electron chi connectivity index (χ4n) is 2.73. The number of carbonyl (C=O) groups is 1. The summed E-state index contributed by atoms with van der Waals surface area (Å²) in [5, 5.41) is 16.0. The van der Waals surface area contributed by atoms with E-state index in [2.05, 4.69) is 17.6 Å². The Balaban J connectivity index is 1.86. The van der Waals surface area contributed by atoms with Crippen molar-refractivity contribution in [2.75, 3.05) is 13.1 Å². The summed E-state index contributed by atoms with van der Waals surface area (Å²) in [5.41, 5.74) is 0. The van der Waals surface area contributed by atoms with Gasteiger partial charge in [-0.25, -0.2) is 0 Å². The summed E-state index contributed by atoms with van der Waals surface area (Å²) in [6.45, 7) is 3.79. The lowest BCUT2D eigenvalue weighted by Gasteiger charge is -2.29. The monoisotopic (exact) mass is 226 g/mol. The quantitative estimate of drug-likeness (QED) is 0.633. The normalized spacial score (nSPS) is 39.6. The molecule has 1 aliphatic heterocycles. The number of carbonyl (C=O) groups excluding carboxylic acids is 1. The van der Waals surface area contributed by atoms with E-state index >= 15 is 0 Å². The molecule has 4 atom stereocenters. The predicted octanol–water partition coefficient (Wildman–Crippen LogP) is 0.262. The molecule has 1 saturated heterocycles. The zero-order valence-electron chi connectivity index (χ0n) is 9.91. The first-order chi connectivity index (χ1) is 7.68. The van der Waals surface area contributed by atoms with Crippen molar-refractivity contribution < 1.29 is 9.90 Å². The molecule has 0 aromatic rings. The molecule has 4 nitrogen and oxygen atoms in total. The molecular formula is C12H22N2O2. The highest BCUT2D eigenvalue weighted by molar-refractivity contribution is 5.79. The SMILES string of the molecule is C[C@@H]1CNC[C@H]1C(=O)N[C@H]1CCCC[C@@H]1O. The van der Waals surface area contributed by atoms with Crippen LogP contribution in [0.25, 0.3) is 0 Å². The lowest BCUT2D eigenvalue weighted by atomic mass is 9.91. The topological polar surface area (TPSA) is 61.4 Å². The van der Waals surface area contributed by atoms with Gasteiger partial charge in [-0.15, -0.1) is 0 Å². The second-order valence-corrected chi connectivity index (χ2v) is 5.21. The highest BCUT2D eigenvalue weighted by Crippen LogP contribution is 2.21. The molecule has 0 bridgehead atoms. The van der Waals surface area contributed by atoms with Crippen LogP contribution in [0.15, 0.2) is 0 Å². The van der Waals surface area contributed by atoms with Gasteiger partial charge in [-0.1, -0.05) is 19.8 Å². The lowest BCUT2D eigenvalue weighted by Crippen LogP contribution is -2.48. The van der Waals surface area contributed by atoms with Crippen LogP contribution in [0.1, 0.15) is 32.6 Å². The first-order valence-electron chi connectivity index (χ1n) is 6.37. The second-order valence-electron chi connectivity index (χ2n) is 5.21. The van der Waals surface area contributed by atoms with Crippen LogP contribution in [0.2, 0.25) is 0 Å². The summed E-state index contributed by atoms with van der Waals surface area (Å²) in [7, 11) is 0. The maximum Gasteiger partial charge on any atom is 0.225 e. The molecule has 16 heavy (non-hydrogen) atoms. The standard InChI is InChI=1S/C12H22N2O2/c1-8-6-13-7-9(8)12(16)14-10-4-2-3-5-11(10)15/h8-11,13,15H,2-7H2,1H3,(H,14,16)/t8-,9-,10+,11+/m1/s1. The number of rotatable bonds is 2. The fourth-order valence-corrected chi connectivity index (χ4v) is 2.73. The van der Waals surface area contributed by atoms with Gasteiger partial charge in [0.2, 0.25) is 5.91 Å². The Morgan fingerprint density at radius 1 is 1.31 bits per heavy atom. The van der Waals surface area contributed by atoms with Crippen LogP contribution in [0, 0.1) is 11.8 Å². The Morgan fingerprint density at radius 3 is 2.69 bits per heavy atom. The van der Waals surface area contributed by atoms with E-state index in [0.29, 0.717) is 5.92 Å². The molecule has 3 N–H and O–H groups in total. The maximum atomic E-state index is 12.0. The van der Waals surface area contributed by atoms with Gasteiger partial charge < -0.3 is 15.7 Å². The molecule has 2 rings (SSSR count). The van der Waals surface area contributed by atoms with Gasteiger partial charge in [0.15, 0.2) is 0 Å². The van der Waals surface area contributed by atoms with Crippen LogP contribution in [0.4, 0.5) is 0 Å². The second kappa shape index (κ2) is 5.15. The van der Waals surface area contributed by atoms with Gasteiger partial charge in [0.25, 0.3) is 0 Å². The first-order valence-corrected chi connectivity index (χ1v) is 6.37. The Bertz CT molecular complexity index is 257. The van der Waals surface area contributed by atoms with E-state index in [-0.39, 0.29) is 24.0 Å². The van der Waals surface area contributed by atoms with Crippen LogP contribution in [0.3, 0.4) is 0 Å². The molecule has 0 aromatic carbocycles. The van der Waals surface area contributed by atoms with E-state index in [0.717, 1.165) is 38.8 Å². The smallest absolute Gasteiger partial charge is 0.225 e. The number of nitrogens with one attached hydrogen (secondary N) is 2. The average molecular weight is 226 g/mol. The molecule has 1 amide bonds. The maximum absolute atomic E-state index is 12.0. The van der Waals surface area contributed by atoms with Gasteiger partial charge in [0.05, 0.1) is 18.1 Å². The fraction of sp³-hybridized carbons (Fsp3) is 0.917. The third-order valence-corrected chi connectivity index (χ3v) is 3.91. The third kappa shape index (κ3) is 2.55. The zero-order chi connectivity index (χ0) is 11.5. The molecule has 1 saturated carbocycles. The van der Waals surface area contributed by atoms with E-state index in [4.69, 9.17) is 0 Å². The summed E-state index contributed by atoms with van der Waals surface area (Å²) in [5.74, 6) is 0.596. The number of amides is 1. The van der Waals surface area contributed by atoms with Gasteiger partial charge in [-0.05, 0) is 25.3 Å². The van der Waals surface area contributed by atoms with Crippen molar-refractivity contribution in [3.8, 4) is 0 Å². The van der Waals surface area contributed by atoms with Crippen LogP contribution >= 0.6 is 0 Å². The van der Waals surface area contributed by atoms with Gasteiger partial charge >= 0.3 is 0 Å². The minimum absolute atomic E-state index is 0.0194. The molecule has 1 heterocycles. The van der Waals surface area contributed by atoms with Crippen molar-refractivity contribution in [2.45, 2.75) is 44.8 Å². The molecule has 4 heteroatoms. The van der Waals surface area contributed by atoms with Crippen molar-refractivity contribution in [1.82, 2.24) is 10.6 Å². The molecule has 92 valence electrons. The van der Waals surface area contributed by atoms with E-state index in [1.165, 1.54) is 0 Å². The van der Waals surface area contributed by atoms with Crippen LogP contribution in [-0.4, -0.2) is 36.2 Å². The van der Waals surface area contributed by atoms with Crippen molar-refractivity contribution >= 4 is 5.91 Å². The summed E-state index contributed by atoms with van der Waals surface area (Å²) in [6, 6.07) is -0.0194. The largest absolute Gasteiger partial charge is 0.391 e.